The zero-order chi connectivity index (χ0) is 104. The lowest BCUT2D eigenvalue weighted by Gasteiger charge is -2.36. The van der Waals surface area contributed by atoms with Crippen LogP contribution in [0.5, 0.6) is 0 Å². The zero-order valence-electron chi connectivity index (χ0n) is 77.8. The fourth-order valence-corrected chi connectivity index (χ4v) is 22.0. The molecule has 142 heavy (non-hydrogen) atoms. The maximum Gasteiger partial charge on any atom is 0.351 e. The van der Waals surface area contributed by atoms with Gasteiger partial charge in [-0.05, 0) is 48.0 Å². The molecule has 0 spiro atoms. The Kier molecular flexibility index (Phi) is 39.7. The number of hydrogen-bond donors (Lipinski definition) is 7. The Bertz CT molecular complexity index is 6360. The standard InChI is InChI=1S/C76H112N13O45P5S3/c1-13-42-43(24-49(124-42)84-26-37(3)61(91)79-72(84)97)130-137(106,140)122-34-47-52(57(116-21-16-111-10)68(128-47)88-29-40(6)64(94)82-75(88)100)132-135(102,103)119-32-45-51(56(115-20-15-110-9)67(126-45)87-28-39(5)63(93)81-74(87)99)131-136(104,105)120-33-46-53(58(117-22-17-112-11)70(127-46)89-30-41(7)65(95)83-76(89)101)133-139(108,142)123-35-48-54(59(118-23-18-113-12)69(129-48)85-25-36(2)60(77)78-71(85)96)134-138(107,141)121-31-44-50(90)55(114-19-14-109-8)66(125-44)86-27-38(4)62(92)80-73(86)98/h25-30,42-59,66-70,90H,13-24,31-35H2,1-12H3,(H,102,103)(H,104,105)(H,106,140)(H,107,141)(H,108,142)(H2,77,78,96)(H,79,91,97)(H,80,92,98)(H,81,93,99)(H,82,94,100)(H,83,95,101)/p-5/t42-,43?,44-,45-,46-,47-,48-,49-,50?,51?,52?,53?,54?,55+,56+,57+,58+,59+,66-,67-,68-,69-,70-,137?,138?,139?/m1/s1. The number of phosphoric acid groups is 2. The number of aromatic nitrogens is 12. The third kappa shape index (κ3) is 28.2. The summed E-state index contributed by atoms with van der Waals surface area (Å²) in [5.41, 5.74) is -4.50. The Morgan fingerprint density at radius 3 is 1.04 bits per heavy atom. The van der Waals surface area contributed by atoms with Gasteiger partial charge in [-0.25, -0.2) is 28.8 Å². The normalized spacial score (nSPS) is 29.4. The Morgan fingerprint density at radius 1 is 0.387 bits per heavy atom. The second kappa shape index (κ2) is 49.5. The quantitative estimate of drug-likeness (QED) is 0.0107. The van der Waals surface area contributed by atoms with Crippen LogP contribution in [0.1, 0.15) is 90.5 Å². The van der Waals surface area contributed by atoms with E-state index in [-0.39, 0.29) is 98.3 Å². The monoisotopic (exact) mass is 2170 g/mol. The van der Waals surface area contributed by atoms with Crippen LogP contribution in [-0.4, -0.2) is 301 Å². The predicted octanol–water partition coefficient (Wildman–Crippen LogP) is -5.10. The van der Waals surface area contributed by atoms with Crippen molar-refractivity contribution in [1.29, 1.82) is 0 Å². The van der Waals surface area contributed by atoms with Crippen LogP contribution in [0.3, 0.4) is 0 Å². The molecule has 6 saturated heterocycles. The summed E-state index contributed by atoms with van der Waals surface area (Å²) in [6, 6.07) is 0. The van der Waals surface area contributed by atoms with Crippen molar-refractivity contribution in [3.05, 3.63) is 185 Å². The van der Waals surface area contributed by atoms with E-state index >= 15 is 14.0 Å². The Hall–Kier alpha value is -6.82. The van der Waals surface area contributed by atoms with E-state index in [1.54, 1.807) is 6.92 Å². The highest BCUT2D eigenvalue weighted by atomic mass is 32.7. The molecule has 0 radical (unpaired) electrons. The van der Waals surface area contributed by atoms with E-state index in [1.807, 2.05) is 0 Å². The summed E-state index contributed by atoms with van der Waals surface area (Å²) >= 11 is 16.5. The third-order valence-corrected chi connectivity index (χ3v) is 29.4. The summed E-state index contributed by atoms with van der Waals surface area (Å²) in [5, 5.41) is 11.7. The van der Waals surface area contributed by atoms with E-state index in [9.17, 15) is 77.1 Å². The molecule has 0 bridgehead atoms. The number of aliphatic hydroxyl groups is 1. The SMILES string of the molecule is CC[C@H]1O[C@@H](n2cc(C)c(=O)[nH]c2=O)CC1OP([O-])(=S)OC[C@H]1O[C@@H](n2cc(C)c(=O)[nH]c2=O)[C@@H](OCCOC)C1OP(=O)([O-])OC[C@H]1O[C@@H](n2cc(C)c(=O)[nH]c2=O)[C@@H](OCCOC)C1OP(=O)([O-])OC[C@H]1O[C@@H](n2cc(C)c(=O)[nH]c2=O)[C@@H](OCCOC)C1OP(=O)([S-])OC[C@H]1O[C@@H](n2cc(C)c(N)nc2=O)[C@@H](OCCOC)C1OP([O-])(=S)OC[C@H]1O[C@@H](n2cc(C)c(=O)[nH]c2=O)[C@@H](OCCOC)C1O. The van der Waals surface area contributed by atoms with Crippen LogP contribution in [0.4, 0.5) is 5.82 Å². The fraction of sp³-hybridized carbons (Fsp3) is 0.684. The molecular formula is C76H107N13O45P5S3-5. The number of hydrogen-bond acceptors (Lipinski definition) is 50. The van der Waals surface area contributed by atoms with E-state index in [4.69, 9.17) is 163 Å². The van der Waals surface area contributed by atoms with Gasteiger partial charge in [0.05, 0.1) is 111 Å². The van der Waals surface area contributed by atoms with Crippen molar-refractivity contribution in [1.82, 2.24) is 57.3 Å². The second-order valence-electron chi connectivity index (χ2n) is 32.8. The van der Waals surface area contributed by atoms with Crippen LogP contribution < -0.4 is 87.2 Å². The number of H-pyrrole nitrogens is 5. The molecule has 6 aliphatic rings. The first kappa shape index (κ1) is 114. The highest BCUT2D eigenvalue weighted by molar-refractivity contribution is 8.32. The zero-order valence-corrected chi connectivity index (χ0v) is 84.8. The van der Waals surface area contributed by atoms with Crippen LogP contribution in [0.2, 0.25) is 0 Å². The number of nitrogens with zero attached hydrogens (tertiary/aromatic N) is 7. The molecule has 12 rings (SSSR count). The van der Waals surface area contributed by atoms with E-state index in [0.717, 1.165) is 47.6 Å². The van der Waals surface area contributed by atoms with Crippen LogP contribution in [0.15, 0.2) is 89.9 Å². The van der Waals surface area contributed by atoms with Gasteiger partial charge >= 0.3 is 34.1 Å². The molecule has 66 heteroatoms. The van der Waals surface area contributed by atoms with Gasteiger partial charge in [-0.15, -0.1) is 0 Å². The van der Waals surface area contributed by atoms with Crippen molar-refractivity contribution in [2.75, 3.05) is 140 Å². The van der Waals surface area contributed by atoms with Gasteiger partial charge in [0.1, 0.15) is 117 Å². The topological polar surface area (TPSA) is 739 Å². The minimum atomic E-state index is -6.29. The van der Waals surface area contributed by atoms with Gasteiger partial charge in [-0.2, -0.15) is 4.98 Å². The molecule has 0 amide bonds. The largest absolute Gasteiger partial charge is 0.780 e. The summed E-state index contributed by atoms with van der Waals surface area (Å²) in [4.78, 5) is 219. The average molecular weight is 2170 g/mol. The predicted molar refractivity (Wildman–Crippen MR) is 483 cm³/mol. The summed E-state index contributed by atoms with van der Waals surface area (Å²) in [7, 11) is -6.04. The first-order valence-corrected chi connectivity index (χ1v) is 54.0. The van der Waals surface area contributed by atoms with E-state index in [2.05, 4.69) is 29.9 Å². The first-order chi connectivity index (χ1) is 67.1. The second-order valence-corrected chi connectivity index (χ2v) is 43.6. The van der Waals surface area contributed by atoms with Gasteiger partial charge in [0.15, 0.2) is 37.9 Å². The minimum absolute atomic E-state index is 0.0137. The molecule has 6 aromatic heterocycles. The number of methoxy groups -OCH3 is 5. The molecule has 8 N–H and O–H groups in total. The van der Waals surface area contributed by atoms with Crippen LogP contribution in [0, 0.1) is 41.5 Å². The van der Waals surface area contributed by atoms with Crippen molar-refractivity contribution >= 4 is 77.6 Å². The van der Waals surface area contributed by atoms with Gasteiger partial charge in [0, 0.05) is 113 Å². The summed E-state index contributed by atoms with van der Waals surface area (Å²) in [6.45, 7) is -14.4. The maximum atomic E-state index is 15.4. The summed E-state index contributed by atoms with van der Waals surface area (Å²) < 4.78 is 203. The number of aromatic amines is 5. The molecule has 12 heterocycles. The fourth-order valence-electron chi connectivity index (χ4n) is 15.8. The highest BCUT2D eigenvalue weighted by Gasteiger charge is 2.57. The molecule has 0 aromatic carbocycles. The Morgan fingerprint density at radius 2 is 0.676 bits per heavy atom. The molecule has 6 fully saturated rings. The Labute approximate surface area is 818 Å². The molecule has 58 nitrogen and oxygen atoms in total. The van der Waals surface area contributed by atoms with Crippen molar-refractivity contribution in [3.8, 4) is 0 Å². The minimum Gasteiger partial charge on any atom is -0.780 e. The number of nitrogens with one attached hydrogen (secondary N) is 5. The average Bonchev–Trinajstić information content (AvgIpc) is 1.62. The van der Waals surface area contributed by atoms with E-state index < -0.39 is 292 Å². The van der Waals surface area contributed by atoms with E-state index in [0.29, 0.717) is 4.57 Å². The smallest absolute Gasteiger partial charge is 0.351 e. The molecule has 0 saturated carbocycles. The molecule has 6 aliphatic heterocycles. The lowest BCUT2D eigenvalue weighted by atomic mass is 10.1. The number of anilines is 1. The summed E-state index contributed by atoms with van der Waals surface area (Å²) in [5.74, 6) is -0.224. The van der Waals surface area contributed by atoms with Crippen molar-refractivity contribution in [2.24, 2.45) is 0 Å². The van der Waals surface area contributed by atoms with Crippen LogP contribution in [0.25, 0.3) is 0 Å². The van der Waals surface area contributed by atoms with Gasteiger partial charge in [-0.1, -0.05) is 30.5 Å². The third-order valence-electron chi connectivity index (χ3n) is 22.9. The number of nitrogens with two attached hydrogens (primary N) is 1. The van der Waals surface area contributed by atoms with Crippen LogP contribution in [-0.2, 0) is 171 Å². The number of ether oxygens (including phenoxy) is 16. The first-order valence-electron chi connectivity index (χ1n) is 43.4. The van der Waals surface area contributed by atoms with Crippen molar-refractivity contribution in [3.63, 3.8) is 0 Å². The van der Waals surface area contributed by atoms with Crippen molar-refractivity contribution in [2.45, 2.75) is 202 Å². The number of aliphatic hydroxyl groups excluding tert-OH is 1. The molecular weight excluding hydrogens is 2070 g/mol. The Balaban J connectivity index is 0.844. The van der Waals surface area contributed by atoms with E-state index in [1.165, 1.54) is 89.5 Å². The molecule has 28 atom stereocenters. The number of phosphoric ester groups is 2. The van der Waals surface area contributed by atoms with Crippen LogP contribution >= 0.6 is 35.9 Å². The number of nitrogen functional groups attached to an aromatic ring is 1. The van der Waals surface area contributed by atoms with Gasteiger partial charge < -0.3 is 164 Å². The lowest BCUT2D eigenvalue weighted by Crippen LogP contribution is -2.43. The highest BCUT2D eigenvalue weighted by Crippen LogP contribution is 2.56. The van der Waals surface area contributed by atoms with Crippen molar-refractivity contribution < 1.29 is 159 Å². The lowest BCUT2D eigenvalue weighted by molar-refractivity contribution is -0.241. The summed E-state index contributed by atoms with van der Waals surface area (Å²) in [6.07, 6.45) is -34.0. The molecule has 11 unspecified atom stereocenters. The van der Waals surface area contributed by atoms with Gasteiger partial charge in [0.25, 0.3) is 43.4 Å². The maximum absolute atomic E-state index is 15.4. The molecule has 794 valence electrons. The number of aryl methyl sites for hydroxylation is 6. The van der Waals surface area contributed by atoms with Gasteiger partial charge in [0.2, 0.25) is 0 Å². The number of rotatable bonds is 52. The van der Waals surface area contributed by atoms with Gasteiger partial charge in [-0.3, -0.25) is 90.0 Å². The molecule has 0 aliphatic carbocycles. The molecule has 6 aromatic rings.